The Morgan fingerprint density at radius 3 is 2.51 bits per heavy atom. The van der Waals surface area contributed by atoms with Gasteiger partial charge in [0, 0.05) is 38.0 Å². The van der Waals surface area contributed by atoms with Gasteiger partial charge in [0.05, 0.1) is 30.0 Å². The third-order valence-corrected chi connectivity index (χ3v) is 6.42. The highest BCUT2D eigenvalue weighted by Crippen LogP contribution is 2.41. The van der Waals surface area contributed by atoms with E-state index in [4.69, 9.17) is 10.1 Å². The zero-order valence-corrected chi connectivity index (χ0v) is 21.1. The van der Waals surface area contributed by atoms with Gasteiger partial charge in [0.1, 0.15) is 11.5 Å². The molecular weight excluding hydrogens is 475 g/mol. The number of carbonyl (C=O) groups is 1. The van der Waals surface area contributed by atoms with Gasteiger partial charge in [-0.2, -0.15) is 0 Å². The molecule has 3 heterocycles. The molecule has 3 N–H and O–H groups in total. The Labute approximate surface area is 215 Å². The molecule has 37 heavy (non-hydrogen) atoms. The molecule has 1 aromatic carbocycles. The van der Waals surface area contributed by atoms with Gasteiger partial charge in [0.15, 0.2) is 5.82 Å². The molecule has 2 atom stereocenters. The van der Waals surface area contributed by atoms with Crippen LogP contribution in [0.3, 0.4) is 0 Å². The Kier molecular flexibility index (Phi) is 7.94. The summed E-state index contributed by atoms with van der Waals surface area (Å²) in [6, 6.07) is 6.29. The van der Waals surface area contributed by atoms with Crippen molar-refractivity contribution in [3.63, 3.8) is 0 Å². The standard InChI is InChI=1S/C28H31FN4O4/c1-16(2)25-21(9-8-19(34)14-20(35)15-23(36)37)24(17-4-6-18(29)7-5-17)22-10-13-33(3)28-27(26(22)32-25)30-11-12-31-28/h4-9,11-12,16,19-20,34-35H,10,13-15H2,1-3H3,(H,36,37)/t19-,20-/m1/s1. The number of hydrogen-bond donors (Lipinski definition) is 3. The zero-order valence-electron chi connectivity index (χ0n) is 21.1. The summed E-state index contributed by atoms with van der Waals surface area (Å²) in [4.78, 5) is 27.1. The van der Waals surface area contributed by atoms with Crippen LogP contribution in [0.15, 0.2) is 42.7 Å². The zero-order chi connectivity index (χ0) is 26.7. The van der Waals surface area contributed by atoms with Gasteiger partial charge in [0.25, 0.3) is 0 Å². The molecule has 3 aromatic rings. The molecule has 1 aliphatic heterocycles. The van der Waals surface area contributed by atoms with E-state index in [9.17, 15) is 19.4 Å². The maximum absolute atomic E-state index is 13.9. The van der Waals surface area contributed by atoms with Gasteiger partial charge >= 0.3 is 5.97 Å². The average Bonchev–Trinajstić information content (AvgIpc) is 2.98. The molecule has 0 radical (unpaired) electrons. The lowest BCUT2D eigenvalue weighted by atomic mass is 9.87. The lowest BCUT2D eigenvalue weighted by Gasteiger charge is -2.21. The average molecular weight is 507 g/mol. The summed E-state index contributed by atoms with van der Waals surface area (Å²) in [5, 5.41) is 29.4. The minimum atomic E-state index is -1.17. The monoisotopic (exact) mass is 506 g/mol. The van der Waals surface area contributed by atoms with Crippen LogP contribution in [0.25, 0.3) is 28.6 Å². The number of rotatable bonds is 8. The van der Waals surface area contributed by atoms with Crippen molar-refractivity contribution in [2.75, 3.05) is 18.5 Å². The molecule has 0 unspecified atom stereocenters. The largest absolute Gasteiger partial charge is 0.481 e. The van der Waals surface area contributed by atoms with Crippen LogP contribution >= 0.6 is 0 Å². The van der Waals surface area contributed by atoms with E-state index in [0.29, 0.717) is 18.7 Å². The molecule has 194 valence electrons. The Balaban J connectivity index is 1.92. The third kappa shape index (κ3) is 5.84. The van der Waals surface area contributed by atoms with Crippen LogP contribution in [-0.2, 0) is 11.2 Å². The summed E-state index contributed by atoms with van der Waals surface area (Å²) in [5.41, 5.74) is 5.57. The Morgan fingerprint density at radius 1 is 1.14 bits per heavy atom. The maximum atomic E-state index is 13.9. The molecule has 0 amide bonds. The van der Waals surface area contributed by atoms with E-state index < -0.39 is 24.6 Å². The first-order valence-corrected chi connectivity index (χ1v) is 12.3. The third-order valence-electron chi connectivity index (χ3n) is 6.42. The molecule has 1 aliphatic rings. The van der Waals surface area contributed by atoms with Crippen LogP contribution in [0.4, 0.5) is 10.2 Å². The van der Waals surface area contributed by atoms with Crippen molar-refractivity contribution in [3.05, 3.63) is 65.4 Å². The van der Waals surface area contributed by atoms with Gasteiger partial charge in [-0.25, -0.2) is 19.3 Å². The molecule has 9 heteroatoms. The van der Waals surface area contributed by atoms with Crippen molar-refractivity contribution in [1.29, 1.82) is 0 Å². The lowest BCUT2D eigenvalue weighted by molar-refractivity contribution is -0.139. The second kappa shape index (κ2) is 11.1. The number of fused-ring (bicyclic) bond motifs is 3. The summed E-state index contributed by atoms with van der Waals surface area (Å²) >= 11 is 0. The minimum Gasteiger partial charge on any atom is -0.481 e. The number of carboxylic acid groups (broad SMARTS) is 1. The number of benzene rings is 1. The molecule has 0 saturated carbocycles. The van der Waals surface area contributed by atoms with Crippen molar-refractivity contribution in [2.45, 2.75) is 51.2 Å². The van der Waals surface area contributed by atoms with E-state index >= 15 is 0 Å². The topological polar surface area (TPSA) is 120 Å². The van der Waals surface area contributed by atoms with Crippen molar-refractivity contribution in [2.24, 2.45) is 0 Å². The molecule has 0 saturated heterocycles. The van der Waals surface area contributed by atoms with Crippen molar-refractivity contribution < 1.29 is 24.5 Å². The van der Waals surface area contributed by atoms with E-state index in [0.717, 1.165) is 39.5 Å². The van der Waals surface area contributed by atoms with E-state index in [1.54, 1.807) is 36.7 Å². The molecule has 0 fully saturated rings. The Hall–Kier alpha value is -3.69. The first-order chi connectivity index (χ1) is 17.7. The van der Waals surface area contributed by atoms with Crippen molar-refractivity contribution in [1.82, 2.24) is 15.0 Å². The normalized spacial score (nSPS) is 14.8. The first-order valence-electron chi connectivity index (χ1n) is 12.3. The predicted molar refractivity (Wildman–Crippen MR) is 140 cm³/mol. The fourth-order valence-electron chi connectivity index (χ4n) is 4.66. The van der Waals surface area contributed by atoms with Gasteiger partial charge < -0.3 is 20.2 Å². The number of aromatic nitrogens is 3. The van der Waals surface area contributed by atoms with Crippen LogP contribution in [0.1, 0.15) is 49.4 Å². The van der Waals surface area contributed by atoms with E-state index in [-0.39, 0.29) is 18.2 Å². The molecule has 0 bridgehead atoms. The van der Waals surface area contributed by atoms with Gasteiger partial charge in [-0.15, -0.1) is 0 Å². The quantitative estimate of drug-likeness (QED) is 0.418. The number of halogens is 1. The number of aliphatic hydroxyl groups is 2. The smallest absolute Gasteiger partial charge is 0.305 e. The van der Waals surface area contributed by atoms with Crippen LogP contribution in [0, 0.1) is 5.82 Å². The summed E-state index contributed by atoms with van der Waals surface area (Å²) in [6.07, 6.45) is 4.46. The summed E-state index contributed by atoms with van der Waals surface area (Å²) in [5.74, 6) is -0.740. The fraction of sp³-hybridized carbons (Fsp3) is 0.357. The second-order valence-corrected chi connectivity index (χ2v) is 9.59. The summed E-state index contributed by atoms with van der Waals surface area (Å²) in [6.45, 7) is 4.71. The summed E-state index contributed by atoms with van der Waals surface area (Å²) in [7, 11) is 1.96. The molecule has 4 rings (SSSR count). The number of pyridine rings is 1. The van der Waals surface area contributed by atoms with Crippen LogP contribution in [0.5, 0.6) is 0 Å². The molecular formula is C28H31FN4O4. The molecule has 2 aromatic heterocycles. The van der Waals surface area contributed by atoms with Crippen LogP contribution in [0.2, 0.25) is 0 Å². The molecule has 8 nitrogen and oxygen atoms in total. The van der Waals surface area contributed by atoms with Gasteiger partial charge in [-0.1, -0.05) is 38.1 Å². The first kappa shape index (κ1) is 26.4. The van der Waals surface area contributed by atoms with Crippen LogP contribution in [-0.4, -0.2) is 62.0 Å². The van der Waals surface area contributed by atoms with Crippen molar-refractivity contribution >= 4 is 17.9 Å². The van der Waals surface area contributed by atoms with E-state index in [1.807, 2.05) is 25.8 Å². The van der Waals surface area contributed by atoms with E-state index in [2.05, 4.69) is 9.97 Å². The Morgan fingerprint density at radius 2 is 1.84 bits per heavy atom. The molecule has 0 spiro atoms. The number of likely N-dealkylation sites (N-methyl/N-ethyl adjacent to an activating group) is 1. The highest BCUT2D eigenvalue weighted by atomic mass is 19.1. The number of carboxylic acids is 1. The number of aliphatic hydroxyl groups excluding tert-OH is 2. The summed E-state index contributed by atoms with van der Waals surface area (Å²) < 4.78 is 13.9. The van der Waals surface area contributed by atoms with Gasteiger partial charge in [-0.05, 0) is 41.2 Å². The number of nitrogens with zero attached hydrogens (tertiary/aromatic N) is 4. The number of aliphatic carboxylic acids is 1. The SMILES string of the molecule is CC(C)c1nc2c(c(-c3ccc(F)cc3)c1C=C[C@@H](O)C[C@@H](O)CC(=O)O)CCN(C)c1nccnc1-2. The fourth-order valence-corrected chi connectivity index (χ4v) is 4.66. The second-order valence-electron chi connectivity index (χ2n) is 9.59. The van der Waals surface area contributed by atoms with E-state index in [1.165, 1.54) is 12.1 Å². The highest BCUT2D eigenvalue weighted by Gasteiger charge is 2.28. The highest BCUT2D eigenvalue weighted by molar-refractivity contribution is 5.87. The predicted octanol–water partition coefficient (Wildman–Crippen LogP) is 4.06. The molecule has 0 aliphatic carbocycles. The van der Waals surface area contributed by atoms with Gasteiger partial charge in [0.2, 0.25) is 0 Å². The van der Waals surface area contributed by atoms with Crippen molar-refractivity contribution in [3.8, 4) is 22.5 Å². The minimum absolute atomic E-state index is 0.00000373. The maximum Gasteiger partial charge on any atom is 0.305 e. The van der Waals surface area contributed by atoms with Gasteiger partial charge in [-0.3, -0.25) is 4.79 Å². The lowest BCUT2D eigenvalue weighted by Crippen LogP contribution is -2.20. The number of hydrogen-bond acceptors (Lipinski definition) is 7. The Bertz CT molecular complexity index is 1310. The number of anilines is 1. The van der Waals surface area contributed by atoms with Crippen LogP contribution < -0.4 is 4.90 Å².